The maximum absolute atomic E-state index is 9.73. The van der Waals surface area contributed by atoms with E-state index in [9.17, 15) is 5.11 Å². The Hall–Kier alpha value is -1.30. The van der Waals surface area contributed by atoms with Gasteiger partial charge in [0.05, 0.1) is 26.4 Å². The van der Waals surface area contributed by atoms with Crippen molar-refractivity contribution in [1.82, 2.24) is 5.48 Å². The van der Waals surface area contributed by atoms with Crippen LogP contribution in [0.3, 0.4) is 0 Å². The van der Waals surface area contributed by atoms with Gasteiger partial charge in [0.2, 0.25) is 0 Å². The second-order valence-corrected chi connectivity index (χ2v) is 3.61. The van der Waals surface area contributed by atoms with E-state index in [1.165, 1.54) is 0 Å². The van der Waals surface area contributed by atoms with Crippen molar-refractivity contribution in [2.24, 2.45) is 0 Å². The van der Waals surface area contributed by atoms with Gasteiger partial charge in [-0.05, 0) is 25.1 Å². The SMILES string of the molecule is COCCONC(C)c1cc(OC)ccc1O. The maximum Gasteiger partial charge on any atom is 0.120 e. The molecule has 1 unspecified atom stereocenters. The predicted molar refractivity (Wildman–Crippen MR) is 64.0 cm³/mol. The quantitative estimate of drug-likeness (QED) is 0.561. The summed E-state index contributed by atoms with van der Waals surface area (Å²) in [6.45, 7) is 2.86. The molecule has 0 aliphatic heterocycles. The first-order valence-corrected chi connectivity index (χ1v) is 5.42. The summed E-state index contributed by atoms with van der Waals surface area (Å²) >= 11 is 0. The van der Waals surface area contributed by atoms with Crippen LogP contribution >= 0.6 is 0 Å². The number of phenols is 1. The molecule has 0 saturated heterocycles. The van der Waals surface area contributed by atoms with Crippen molar-refractivity contribution in [2.75, 3.05) is 27.4 Å². The van der Waals surface area contributed by atoms with Crippen LogP contribution in [-0.2, 0) is 9.57 Å². The number of hydrogen-bond donors (Lipinski definition) is 2. The third kappa shape index (κ3) is 4.22. The van der Waals surface area contributed by atoms with Crippen LogP contribution in [-0.4, -0.2) is 32.5 Å². The van der Waals surface area contributed by atoms with E-state index in [-0.39, 0.29) is 11.8 Å². The van der Waals surface area contributed by atoms with Gasteiger partial charge in [-0.1, -0.05) is 0 Å². The van der Waals surface area contributed by atoms with Gasteiger partial charge in [-0.15, -0.1) is 0 Å². The number of benzene rings is 1. The standard InChI is InChI=1S/C12H19NO4/c1-9(13-17-7-6-15-2)11-8-10(16-3)4-5-12(11)14/h4-5,8-9,13-14H,6-7H2,1-3H3. The lowest BCUT2D eigenvalue weighted by atomic mass is 10.1. The molecule has 0 saturated carbocycles. The fourth-order valence-electron chi connectivity index (χ4n) is 1.38. The Labute approximate surface area is 101 Å². The van der Waals surface area contributed by atoms with Gasteiger partial charge in [-0.2, -0.15) is 5.48 Å². The molecule has 0 fully saturated rings. The molecule has 0 spiro atoms. The van der Waals surface area contributed by atoms with Crippen molar-refractivity contribution >= 4 is 0 Å². The van der Waals surface area contributed by atoms with Crippen LogP contribution in [0.15, 0.2) is 18.2 Å². The second-order valence-electron chi connectivity index (χ2n) is 3.61. The summed E-state index contributed by atoms with van der Waals surface area (Å²) in [5.41, 5.74) is 3.55. The van der Waals surface area contributed by atoms with Crippen molar-refractivity contribution in [2.45, 2.75) is 13.0 Å². The molecule has 17 heavy (non-hydrogen) atoms. The molecule has 0 aromatic heterocycles. The fourth-order valence-corrected chi connectivity index (χ4v) is 1.38. The molecule has 1 atom stereocenters. The number of rotatable bonds is 7. The number of phenolic OH excluding ortho intramolecular Hbond substituents is 1. The number of aromatic hydroxyl groups is 1. The minimum absolute atomic E-state index is 0.137. The van der Waals surface area contributed by atoms with Gasteiger partial charge in [0.1, 0.15) is 11.5 Å². The number of ether oxygens (including phenoxy) is 2. The number of hydroxylamine groups is 1. The summed E-state index contributed by atoms with van der Waals surface area (Å²) in [6, 6.07) is 4.94. The predicted octanol–water partition coefficient (Wildman–Crippen LogP) is 1.63. The second kappa shape index (κ2) is 7.11. The van der Waals surface area contributed by atoms with Crippen molar-refractivity contribution in [3.8, 4) is 11.5 Å². The van der Waals surface area contributed by atoms with Gasteiger partial charge < -0.3 is 14.6 Å². The highest BCUT2D eigenvalue weighted by atomic mass is 16.7. The Kier molecular flexibility index (Phi) is 5.76. The summed E-state index contributed by atoms with van der Waals surface area (Å²) < 4.78 is 9.96. The molecule has 1 aromatic carbocycles. The van der Waals surface area contributed by atoms with E-state index in [1.807, 2.05) is 6.92 Å². The smallest absolute Gasteiger partial charge is 0.120 e. The first-order chi connectivity index (χ1) is 8.19. The molecule has 5 nitrogen and oxygen atoms in total. The maximum atomic E-state index is 9.73. The molecule has 0 radical (unpaired) electrons. The lowest BCUT2D eigenvalue weighted by molar-refractivity contribution is -0.00959. The molecule has 0 heterocycles. The van der Waals surface area contributed by atoms with E-state index >= 15 is 0 Å². The van der Waals surface area contributed by atoms with Crippen LogP contribution in [0.1, 0.15) is 18.5 Å². The summed E-state index contributed by atoms with van der Waals surface area (Å²) in [6.07, 6.45) is 0. The van der Waals surface area contributed by atoms with Gasteiger partial charge in [-0.25, -0.2) is 0 Å². The molecule has 96 valence electrons. The summed E-state index contributed by atoms with van der Waals surface area (Å²) in [5.74, 6) is 0.907. The minimum Gasteiger partial charge on any atom is -0.508 e. The minimum atomic E-state index is -0.137. The number of nitrogens with one attached hydrogen (secondary N) is 1. The average molecular weight is 241 g/mol. The van der Waals surface area contributed by atoms with E-state index in [0.29, 0.717) is 19.0 Å². The first-order valence-electron chi connectivity index (χ1n) is 5.42. The highest BCUT2D eigenvalue weighted by Crippen LogP contribution is 2.28. The zero-order valence-electron chi connectivity index (χ0n) is 10.4. The highest BCUT2D eigenvalue weighted by molar-refractivity contribution is 5.40. The lowest BCUT2D eigenvalue weighted by Crippen LogP contribution is -2.21. The largest absolute Gasteiger partial charge is 0.508 e. The fraction of sp³-hybridized carbons (Fsp3) is 0.500. The zero-order valence-corrected chi connectivity index (χ0v) is 10.4. The van der Waals surface area contributed by atoms with E-state index in [4.69, 9.17) is 14.3 Å². The summed E-state index contributed by atoms with van der Waals surface area (Å²) in [4.78, 5) is 5.19. The molecule has 0 aliphatic rings. The Morgan fingerprint density at radius 2 is 2.06 bits per heavy atom. The van der Waals surface area contributed by atoms with Crippen LogP contribution in [0.5, 0.6) is 11.5 Å². The van der Waals surface area contributed by atoms with Crippen LogP contribution in [0, 0.1) is 0 Å². The monoisotopic (exact) mass is 241 g/mol. The third-order valence-corrected chi connectivity index (χ3v) is 2.35. The first kappa shape index (κ1) is 13.8. The van der Waals surface area contributed by atoms with Crippen molar-refractivity contribution in [3.63, 3.8) is 0 Å². The summed E-state index contributed by atoms with van der Waals surface area (Å²) in [7, 11) is 3.20. The average Bonchev–Trinajstić information content (AvgIpc) is 2.35. The third-order valence-electron chi connectivity index (χ3n) is 2.35. The van der Waals surface area contributed by atoms with E-state index in [2.05, 4.69) is 5.48 Å². The van der Waals surface area contributed by atoms with E-state index < -0.39 is 0 Å². The normalized spacial score (nSPS) is 12.4. The molecule has 1 aromatic rings. The van der Waals surface area contributed by atoms with Gasteiger partial charge in [0.25, 0.3) is 0 Å². The Bertz CT molecular complexity index is 343. The highest BCUT2D eigenvalue weighted by Gasteiger charge is 2.11. The Balaban J connectivity index is 2.57. The zero-order chi connectivity index (χ0) is 12.7. The van der Waals surface area contributed by atoms with Crippen molar-refractivity contribution in [3.05, 3.63) is 23.8 Å². The molecule has 0 aliphatic carbocycles. The number of methoxy groups -OCH3 is 2. The molecule has 1 rings (SSSR count). The van der Waals surface area contributed by atoms with Crippen LogP contribution in [0.2, 0.25) is 0 Å². The van der Waals surface area contributed by atoms with Crippen LogP contribution in [0.25, 0.3) is 0 Å². The lowest BCUT2D eigenvalue weighted by Gasteiger charge is -2.16. The van der Waals surface area contributed by atoms with Gasteiger partial charge in [-0.3, -0.25) is 4.84 Å². The molecule has 0 amide bonds. The van der Waals surface area contributed by atoms with Crippen molar-refractivity contribution in [1.29, 1.82) is 0 Å². The van der Waals surface area contributed by atoms with Crippen LogP contribution in [0.4, 0.5) is 0 Å². The van der Waals surface area contributed by atoms with Crippen molar-refractivity contribution < 1.29 is 19.4 Å². The molecule has 5 heteroatoms. The van der Waals surface area contributed by atoms with Crippen LogP contribution < -0.4 is 10.2 Å². The van der Waals surface area contributed by atoms with E-state index in [1.54, 1.807) is 32.4 Å². The van der Waals surface area contributed by atoms with Gasteiger partial charge >= 0.3 is 0 Å². The van der Waals surface area contributed by atoms with E-state index in [0.717, 1.165) is 5.56 Å². The van der Waals surface area contributed by atoms with Gasteiger partial charge in [0, 0.05) is 12.7 Å². The molecule has 2 N–H and O–H groups in total. The molecular weight excluding hydrogens is 222 g/mol. The number of hydrogen-bond acceptors (Lipinski definition) is 5. The molecule has 0 bridgehead atoms. The Morgan fingerprint density at radius 1 is 1.29 bits per heavy atom. The Morgan fingerprint density at radius 3 is 2.71 bits per heavy atom. The molecular formula is C12H19NO4. The van der Waals surface area contributed by atoms with Gasteiger partial charge in [0.15, 0.2) is 0 Å². The summed E-state index contributed by atoms with van der Waals surface area (Å²) in [5, 5.41) is 9.73. The topological polar surface area (TPSA) is 60.0 Å².